The molecule has 18 nitrogen and oxygen atoms in total. The number of H-pyrrole nitrogens is 1. The summed E-state index contributed by atoms with van der Waals surface area (Å²) in [7, 11) is 0. The van der Waals surface area contributed by atoms with E-state index in [4.69, 9.17) is 28.7 Å². The van der Waals surface area contributed by atoms with Gasteiger partial charge in [-0.1, -0.05) is 18.2 Å². The predicted octanol–water partition coefficient (Wildman–Crippen LogP) is -2.84. The van der Waals surface area contributed by atoms with E-state index in [1.165, 1.54) is 0 Å². The van der Waals surface area contributed by atoms with Crippen LogP contribution in [0.1, 0.15) is 37.7 Å². The number of rotatable bonds is 19. The van der Waals surface area contributed by atoms with Crippen LogP contribution in [0.4, 0.5) is 0 Å². The number of aromatic amines is 1. The molecule has 16 N–H and O–H groups in total. The number of guanidine groups is 2. The third-order valence-corrected chi connectivity index (χ3v) is 6.60. The molecule has 0 aliphatic rings. The molecule has 0 bridgehead atoms. The Morgan fingerprint density at radius 2 is 1.31 bits per heavy atom. The Balaban J connectivity index is 2.15. The maximum absolute atomic E-state index is 13.2. The first-order chi connectivity index (χ1) is 21.3. The number of carbonyl (C=O) groups excluding carboxylic acids is 3. The van der Waals surface area contributed by atoms with E-state index >= 15 is 0 Å². The summed E-state index contributed by atoms with van der Waals surface area (Å²) in [4.78, 5) is 73.4. The number of aliphatic imine (C=N–C) groups is 2. The summed E-state index contributed by atoms with van der Waals surface area (Å²) in [5, 5.41) is 27.0. The molecule has 0 radical (unpaired) electrons. The third kappa shape index (κ3) is 12.4. The van der Waals surface area contributed by atoms with Gasteiger partial charge < -0.3 is 59.8 Å². The van der Waals surface area contributed by atoms with Gasteiger partial charge in [0.2, 0.25) is 17.7 Å². The van der Waals surface area contributed by atoms with E-state index < -0.39 is 60.2 Å². The molecule has 0 aliphatic carbocycles. The van der Waals surface area contributed by atoms with Gasteiger partial charge in [-0.2, -0.15) is 0 Å². The van der Waals surface area contributed by atoms with Crippen LogP contribution in [-0.2, 0) is 30.4 Å². The molecule has 4 atom stereocenters. The minimum Gasteiger partial charge on any atom is -0.481 e. The Morgan fingerprint density at radius 1 is 0.778 bits per heavy atom. The SMILES string of the molecule is NC(N)=NCCCC(NC(=O)C(CCCN=C(N)N)NC(=O)C(CC(=O)O)NC(=O)C(N)Cc1c[nH]c2ccccc12)C(=O)O. The van der Waals surface area contributed by atoms with Crippen LogP contribution in [0.25, 0.3) is 10.9 Å². The predicted molar refractivity (Wildman–Crippen MR) is 165 cm³/mol. The number of fused-ring (bicyclic) bond motifs is 1. The third-order valence-electron chi connectivity index (χ3n) is 6.60. The molecule has 0 saturated carbocycles. The van der Waals surface area contributed by atoms with Crippen molar-refractivity contribution in [1.29, 1.82) is 0 Å². The van der Waals surface area contributed by atoms with Gasteiger partial charge in [-0.05, 0) is 43.7 Å². The minimum absolute atomic E-state index is 0.0292. The Hall–Kier alpha value is -5.39. The molecule has 45 heavy (non-hydrogen) atoms. The molecule has 18 heteroatoms. The zero-order valence-corrected chi connectivity index (χ0v) is 24.6. The van der Waals surface area contributed by atoms with Gasteiger partial charge >= 0.3 is 11.9 Å². The highest BCUT2D eigenvalue weighted by Gasteiger charge is 2.31. The lowest BCUT2D eigenvalue weighted by Crippen LogP contribution is -2.57. The van der Waals surface area contributed by atoms with Crippen molar-refractivity contribution in [2.24, 2.45) is 38.7 Å². The fourth-order valence-electron chi connectivity index (χ4n) is 4.37. The number of carboxylic acid groups (broad SMARTS) is 2. The molecule has 1 aromatic heterocycles. The topological polar surface area (TPSA) is 333 Å². The molecule has 0 aliphatic heterocycles. The number of benzene rings is 1. The van der Waals surface area contributed by atoms with Crippen molar-refractivity contribution in [3.05, 3.63) is 36.0 Å². The smallest absolute Gasteiger partial charge is 0.326 e. The highest BCUT2D eigenvalue weighted by atomic mass is 16.4. The molecule has 1 heterocycles. The van der Waals surface area contributed by atoms with Gasteiger partial charge in [0.15, 0.2) is 11.9 Å². The lowest BCUT2D eigenvalue weighted by molar-refractivity contribution is -0.143. The molecular formula is C27H41N11O7. The van der Waals surface area contributed by atoms with Crippen molar-refractivity contribution in [2.75, 3.05) is 13.1 Å². The number of amides is 3. The Bertz CT molecular complexity index is 1400. The van der Waals surface area contributed by atoms with Gasteiger partial charge in [-0.25, -0.2) is 4.79 Å². The number of nitrogens with one attached hydrogen (secondary N) is 4. The van der Waals surface area contributed by atoms with Crippen LogP contribution in [-0.4, -0.2) is 94.0 Å². The number of nitrogens with zero attached hydrogens (tertiary/aromatic N) is 2. The molecule has 0 spiro atoms. The van der Waals surface area contributed by atoms with Crippen LogP contribution >= 0.6 is 0 Å². The lowest BCUT2D eigenvalue weighted by Gasteiger charge is -2.24. The molecular weight excluding hydrogens is 590 g/mol. The summed E-state index contributed by atoms with van der Waals surface area (Å²) in [6.07, 6.45) is 1.30. The Labute approximate surface area is 258 Å². The van der Waals surface area contributed by atoms with Gasteiger partial charge in [0, 0.05) is 30.2 Å². The van der Waals surface area contributed by atoms with Crippen molar-refractivity contribution in [2.45, 2.75) is 62.7 Å². The van der Waals surface area contributed by atoms with E-state index in [0.29, 0.717) is 0 Å². The molecule has 2 aromatic rings. The van der Waals surface area contributed by atoms with Crippen LogP contribution in [0, 0.1) is 0 Å². The van der Waals surface area contributed by atoms with E-state index in [1.54, 1.807) is 6.20 Å². The molecule has 246 valence electrons. The van der Waals surface area contributed by atoms with Crippen molar-refractivity contribution in [3.8, 4) is 0 Å². The number of aliphatic carboxylic acids is 2. The number of hydrogen-bond acceptors (Lipinski definition) is 8. The van der Waals surface area contributed by atoms with Crippen molar-refractivity contribution < 1.29 is 34.2 Å². The van der Waals surface area contributed by atoms with Gasteiger partial charge in [-0.3, -0.25) is 29.2 Å². The molecule has 1 aromatic carbocycles. The number of carboxylic acids is 2. The first-order valence-corrected chi connectivity index (χ1v) is 14.1. The summed E-state index contributed by atoms with van der Waals surface area (Å²) in [5.41, 5.74) is 28.9. The van der Waals surface area contributed by atoms with Crippen molar-refractivity contribution in [3.63, 3.8) is 0 Å². The van der Waals surface area contributed by atoms with Crippen LogP contribution in [0.15, 0.2) is 40.4 Å². The lowest BCUT2D eigenvalue weighted by atomic mass is 10.0. The van der Waals surface area contributed by atoms with Crippen molar-refractivity contribution in [1.82, 2.24) is 20.9 Å². The average molecular weight is 632 g/mol. The molecule has 2 rings (SSSR count). The van der Waals surface area contributed by atoms with Crippen molar-refractivity contribution >= 4 is 52.5 Å². The van der Waals surface area contributed by atoms with Gasteiger partial charge in [-0.15, -0.1) is 0 Å². The average Bonchev–Trinajstić information content (AvgIpc) is 3.37. The van der Waals surface area contributed by atoms with Crippen LogP contribution in [0.2, 0.25) is 0 Å². The zero-order valence-electron chi connectivity index (χ0n) is 24.6. The standard InChI is InChI=1S/C27H41N11O7/c28-16(11-14-13-35-17-6-2-1-5-15(14)17)22(41)38-20(12-21(39)40)24(43)36-18(7-3-9-33-26(29)30)23(42)37-19(25(44)45)8-4-10-34-27(31)32/h1-2,5-6,13,16,18-20,35H,3-4,7-12,28H2,(H,36,43)(H,37,42)(H,38,41)(H,39,40)(H,44,45)(H4,29,30,33)(H4,31,32,34). The Kier molecular flexibility index (Phi) is 14.1. The van der Waals surface area contributed by atoms with Gasteiger partial charge in [0.05, 0.1) is 12.5 Å². The van der Waals surface area contributed by atoms with Crippen LogP contribution in [0.5, 0.6) is 0 Å². The summed E-state index contributed by atoms with van der Waals surface area (Å²) in [5.74, 6) is -5.75. The second-order valence-electron chi connectivity index (χ2n) is 10.2. The molecule has 4 unspecified atom stereocenters. The second-order valence-corrected chi connectivity index (χ2v) is 10.2. The summed E-state index contributed by atoms with van der Waals surface area (Å²) in [6.45, 7) is 0.209. The normalized spacial score (nSPS) is 13.4. The number of para-hydroxylation sites is 1. The summed E-state index contributed by atoms with van der Waals surface area (Å²) < 4.78 is 0. The van der Waals surface area contributed by atoms with E-state index in [9.17, 15) is 34.2 Å². The quantitative estimate of drug-likeness (QED) is 0.0424. The number of carbonyl (C=O) groups is 5. The molecule has 0 fully saturated rings. The molecule has 0 saturated heterocycles. The van der Waals surface area contributed by atoms with Gasteiger partial charge in [0.25, 0.3) is 0 Å². The summed E-state index contributed by atoms with van der Waals surface area (Å²) in [6, 6.07) is 1.95. The number of nitrogens with two attached hydrogens (primary N) is 5. The highest BCUT2D eigenvalue weighted by molar-refractivity contribution is 5.96. The van der Waals surface area contributed by atoms with Crippen LogP contribution in [0.3, 0.4) is 0 Å². The van der Waals surface area contributed by atoms with E-state index in [-0.39, 0.29) is 57.1 Å². The maximum Gasteiger partial charge on any atom is 0.326 e. The fraction of sp³-hybridized carbons (Fsp3) is 0.444. The molecule has 3 amide bonds. The first kappa shape index (κ1) is 35.8. The summed E-state index contributed by atoms with van der Waals surface area (Å²) >= 11 is 0. The number of hydrogen-bond donors (Lipinski definition) is 11. The van der Waals surface area contributed by atoms with E-state index in [1.807, 2.05) is 24.3 Å². The van der Waals surface area contributed by atoms with Gasteiger partial charge in [0.1, 0.15) is 18.1 Å². The number of aromatic nitrogens is 1. The first-order valence-electron chi connectivity index (χ1n) is 14.1. The largest absolute Gasteiger partial charge is 0.481 e. The minimum atomic E-state index is -1.60. The highest BCUT2D eigenvalue weighted by Crippen LogP contribution is 2.19. The van der Waals surface area contributed by atoms with E-state index in [2.05, 4.69) is 30.9 Å². The second kappa shape index (κ2) is 17.7. The zero-order chi connectivity index (χ0) is 33.5. The fourth-order valence-corrected chi connectivity index (χ4v) is 4.37. The monoisotopic (exact) mass is 631 g/mol. The Morgan fingerprint density at radius 3 is 1.89 bits per heavy atom. The van der Waals surface area contributed by atoms with E-state index in [0.717, 1.165) is 16.5 Å². The van der Waals surface area contributed by atoms with Crippen LogP contribution < -0.4 is 44.6 Å². The maximum atomic E-state index is 13.2.